The molecule has 0 heterocycles. The Morgan fingerprint density at radius 2 is 2.07 bits per heavy atom. The monoisotopic (exact) mass is 198 g/mol. The lowest BCUT2D eigenvalue weighted by Crippen LogP contribution is -2.39. The first kappa shape index (κ1) is 12.9. The van der Waals surface area contributed by atoms with Gasteiger partial charge in [0.2, 0.25) is 0 Å². The van der Waals surface area contributed by atoms with E-state index in [0.29, 0.717) is 0 Å². The van der Waals surface area contributed by atoms with Crippen LogP contribution in [0.1, 0.15) is 27.2 Å². The van der Waals surface area contributed by atoms with Crippen LogP contribution in [0.5, 0.6) is 0 Å². The molecule has 0 aromatic heterocycles. The Labute approximate surface area is 85.5 Å². The molecule has 0 spiro atoms. The topological polar surface area (TPSA) is 53.3 Å². The molecule has 0 aromatic rings. The summed E-state index contributed by atoms with van der Waals surface area (Å²) in [6.45, 7) is 7.67. The molecule has 0 saturated heterocycles. The lowest BCUT2D eigenvalue weighted by molar-refractivity contribution is -0.149. The van der Waals surface area contributed by atoms with Gasteiger partial charge in [0, 0.05) is 0 Å². The molecule has 4 nitrogen and oxygen atoms in total. The van der Waals surface area contributed by atoms with E-state index in [0.717, 1.165) is 13.1 Å². The molecule has 4 heteroatoms. The fourth-order valence-electron chi connectivity index (χ4n) is 1.24. The molecule has 0 saturated carbocycles. The van der Waals surface area contributed by atoms with Gasteiger partial charge in [0.15, 0.2) is 0 Å². The Morgan fingerprint density at radius 1 is 1.50 bits per heavy atom. The summed E-state index contributed by atoms with van der Waals surface area (Å²) in [4.78, 5) is 13.4. The summed E-state index contributed by atoms with van der Waals surface area (Å²) in [6, 6.07) is 1.71. The van der Waals surface area contributed by atoms with Crippen LogP contribution in [0, 0.1) is 11.3 Å². The van der Waals surface area contributed by atoms with Gasteiger partial charge in [0.1, 0.15) is 12.6 Å². The molecule has 0 rings (SSSR count). The van der Waals surface area contributed by atoms with Crippen molar-refractivity contribution in [3.63, 3.8) is 0 Å². The number of hydrogen-bond acceptors (Lipinski definition) is 4. The van der Waals surface area contributed by atoms with E-state index in [1.807, 2.05) is 31.7 Å². The first-order valence-electron chi connectivity index (χ1n) is 4.94. The molecule has 0 aromatic carbocycles. The number of nitrogens with zero attached hydrogens (tertiary/aromatic N) is 2. The zero-order valence-corrected chi connectivity index (χ0v) is 9.12. The summed E-state index contributed by atoms with van der Waals surface area (Å²) >= 11 is 0. The van der Waals surface area contributed by atoms with Gasteiger partial charge in [0.25, 0.3) is 0 Å². The summed E-state index contributed by atoms with van der Waals surface area (Å²) in [6.07, 6.45) is 0.261. The highest BCUT2D eigenvalue weighted by Crippen LogP contribution is 2.00. The first-order valence-corrected chi connectivity index (χ1v) is 4.94. The van der Waals surface area contributed by atoms with Crippen molar-refractivity contribution >= 4 is 5.97 Å². The Bertz CT molecular complexity index is 207. The number of carbonyl (C=O) groups excluding carboxylic acids is 1. The minimum atomic E-state index is -0.246. The SMILES string of the molecule is CCN(CC)C(C)C(=O)OCCC#N. The third-order valence-corrected chi connectivity index (χ3v) is 2.16. The van der Waals surface area contributed by atoms with Crippen LogP contribution in [0.3, 0.4) is 0 Å². The minimum Gasteiger partial charge on any atom is -0.463 e. The van der Waals surface area contributed by atoms with Gasteiger partial charge in [-0.1, -0.05) is 13.8 Å². The van der Waals surface area contributed by atoms with Gasteiger partial charge < -0.3 is 4.74 Å². The number of rotatable bonds is 6. The maximum Gasteiger partial charge on any atom is 0.323 e. The molecule has 0 N–H and O–H groups in total. The number of nitriles is 1. The average Bonchev–Trinajstić information content (AvgIpc) is 2.19. The molecule has 80 valence electrons. The van der Waals surface area contributed by atoms with E-state index >= 15 is 0 Å². The smallest absolute Gasteiger partial charge is 0.323 e. The highest BCUT2D eigenvalue weighted by atomic mass is 16.5. The Hall–Kier alpha value is -1.08. The summed E-state index contributed by atoms with van der Waals surface area (Å²) in [5.74, 6) is -0.246. The zero-order chi connectivity index (χ0) is 11.0. The third kappa shape index (κ3) is 4.24. The first-order chi connectivity index (χ1) is 6.67. The van der Waals surface area contributed by atoms with Gasteiger partial charge in [-0.2, -0.15) is 5.26 Å². The van der Waals surface area contributed by atoms with Crippen molar-refractivity contribution in [1.82, 2.24) is 4.90 Å². The molecule has 0 amide bonds. The van der Waals surface area contributed by atoms with Crippen molar-refractivity contribution in [2.45, 2.75) is 33.2 Å². The Balaban J connectivity index is 3.92. The molecule has 0 aliphatic heterocycles. The maximum absolute atomic E-state index is 11.4. The highest BCUT2D eigenvalue weighted by molar-refractivity contribution is 5.75. The summed E-state index contributed by atoms with van der Waals surface area (Å²) < 4.78 is 4.93. The van der Waals surface area contributed by atoms with Gasteiger partial charge in [-0.3, -0.25) is 9.69 Å². The second-order valence-corrected chi connectivity index (χ2v) is 2.97. The number of likely N-dealkylation sites (N-methyl/N-ethyl adjacent to an activating group) is 1. The largest absolute Gasteiger partial charge is 0.463 e. The lowest BCUT2D eigenvalue weighted by Gasteiger charge is -2.24. The fraction of sp³-hybridized carbons (Fsp3) is 0.800. The minimum absolute atomic E-state index is 0.195. The van der Waals surface area contributed by atoms with Crippen molar-refractivity contribution in [3.05, 3.63) is 0 Å². The third-order valence-electron chi connectivity index (χ3n) is 2.16. The quantitative estimate of drug-likeness (QED) is 0.475. The fourth-order valence-corrected chi connectivity index (χ4v) is 1.24. The Kier molecular flexibility index (Phi) is 6.77. The molecule has 1 atom stereocenters. The molecule has 0 aliphatic rings. The van der Waals surface area contributed by atoms with E-state index in [-0.39, 0.29) is 25.0 Å². The normalized spacial score (nSPS) is 12.2. The number of carbonyl (C=O) groups is 1. The van der Waals surface area contributed by atoms with E-state index in [2.05, 4.69) is 0 Å². The standard InChI is InChI=1S/C10H18N2O2/c1-4-12(5-2)9(3)10(13)14-8-6-7-11/h9H,4-6,8H2,1-3H3. The van der Waals surface area contributed by atoms with Crippen LogP contribution in [0.2, 0.25) is 0 Å². The van der Waals surface area contributed by atoms with E-state index in [9.17, 15) is 4.79 Å². The predicted molar refractivity (Wildman–Crippen MR) is 53.6 cm³/mol. The van der Waals surface area contributed by atoms with Gasteiger partial charge in [0.05, 0.1) is 12.5 Å². The molecule has 14 heavy (non-hydrogen) atoms. The van der Waals surface area contributed by atoms with Crippen LogP contribution in [0.4, 0.5) is 0 Å². The molecular formula is C10H18N2O2. The zero-order valence-electron chi connectivity index (χ0n) is 9.12. The van der Waals surface area contributed by atoms with Crippen molar-refractivity contribution in [3.8, 4) is 6.07 Å². The number of hydrogen-bond donors (Lipinski definition) is 0. The van der Waals surface area contributed by atoms with Crippen molar-refractivity contribution in [2.75, 3.05) is 19.7 Å². The maximum atomic E-state index is 11.4. The lowest BCUT2D eigenvalue weighted by atomic mass is 10.3. The van der Waals surface area contributed by atoms with Crippen molar-refractivity contribution < 1.29 is 9.53 Å². The van der Waals surface area contributed by atoms with E-state index < -0.39 is 0 Å². The van der Waals surface area contributed by atoms with Crippen LogP contribution in [-0.4, -0.2) is 36.6 Å². The van der Waals surface area contributed by atoms with Crippen LogP contribution >= 0.6 is 0 Å². The average molecular weight is 198 g/mol. The van der Waals surface area contributed by atoms with Crippen LogP contribution < -0.4 is 0 Å². The second-order valence-electron chi connectivity index (χ2n) is 2.97. The van der Waals surface area contributed by atoms with Gasteiger partial charge in [-0.25, -0.2) is 0 Å². The van der Waals surface area contributed by atoms with Gasteiger partial charge in [-0.05, 0) is 20.0 Å². The molecule has 0 radical (unpaired) electrons. The van der Waals surface area contributed by atoms with Crippen LogP contribution in [-0.2, 0) is 9.53 Å². The van der Waals surface area contributed by atoms with Crippen molar-refractivity contribution in [2.24, 2.45) is 0 Å². The van der Waals surface area contributed by atoms with Crippen molar-refractivity contribution in [1.29, 1.82) is 5.26 Å². The summed E-state index contributed by atoms with van der Waals surface area (Å²) in [5, 5.41) is 8.27. The second kappa shape index (κ2) is 7.34. The molecular weight excluding hydrogens is 180 g/mol. The highest BCUT2D eigenvalue weighted by Gasteiger charge is 2.19. The van der Waals surface area contributed by atoms with Gasteiger partial charge >= 0.3 is 5.97 Å². The number of esters is 1. The van der Waals surface area contributed by atoms with E-state index in [1.54, 1.807) is 0 Å². The molecule has 0 aliphatic carbocycles. The Morgan fingerprint density at radius 3 is 2.50 bits per heavy atom. The summed E-state index contributed by atoms with van der Waals surface area (Å²) in [7, 11) is 0. The molecule has 0 fully saturated rings. The van der Waals surface area contributed by atoms with Crippen LogP contribution in [0.15, 0.2) is 0 Å². The molecule has 0 bridgehead atoms. The van der Waals surface area contributed by atoms with E-state index in [4.69, 9.17) is 10.00 Å². The summed E-state index contributed by atoms with van der Waals surface area (Å²) in [5.41, 5.74) is 0. The number of ether oxygens (including phenoxy) is 1. The predicted octanol–water partition coefficient (Wildman–Crippen LogP) is 1.17. The molecule has 1 unspecified atom stereocenters. The van der Waals surface area contributed by atoms with Gasteiger partial charge in [-0.15, -0.1) is 0 Å². The van der Waals surface area contributed by atoms with E-state index in [1.165, 1.54) is 0 Å². The van der Waals surface area contributed by atoms with Crippen LogP contribution in [0.25, 0.3) is 0 Å².